The molecule has 0 N–H and O–H groups in total. The molecule has 0 aromatic heterocycles. The van der Waals surface area contributed by atoms with E-state index in [1.807, 2.05) is 18.2 Å². The second-order valence-electron chi connectivity index (χ2n) is 10.3. The zero-order valence-corrected chi connectivity index (χ0v) is 23.1. The quantitative estimate of drug-likeness (QED) is 0.281. The fourth-order valence-electron chi connectivity index (χ4n) is 4.73. The smallest absolute Gasteiger partial charge is 0.261 e. The number of methoxy groups -OCH3 is 2. The first-order chi connectivity index (χ1) is 16.7. The fourth-order valence-corrected chi connectivity index (χ4v) is 9.42. The maximum atomic E-state index is 7.11. The molecular formula is C31H40O3Si. The molecule has 0 fully saturated rings. The van der Waals surface area contributed by atoms with E-state index in [1.54, 1.807) is 14.2 Å². The van der Waals surface area contributed by atoms with Crippen LogP contribution in [-0.4, -0.2) is 29.1 Å². The Balaban J connectivity index is 1.76. The van der Waals surface area contributed by atoms with Crippen molar-refractivity contribution >= 4 is 24.3 Å². The predicted molar refractivity (Wildman–Crippen MR) is 151 cm³/mol. The van der Waals surface area contributed by atoms with Gasteiger partial charge in [-0.25, -0.2) is 0 Å². The van der Waals surface area contributed by atoms with E-state index in [2.05, 4.69) is 94.9 Å². The van der Waals surface area contributed by atoms with Crippen molar-refractivity contribution in [3.05, 3.63) is 91.0 Å². The summed E-state index contributed by atoms with van der Waals surface area (Å²) in [5.41, 5.74) is 2.19. The lowest BCUT2D eigenvalue weighted by atomic mass is 9.97. The molecule has 3 aromatic carbocycles. The average molecular weight is 489 g/mol. The zero-order chi connectivity index (χ0) is 25.5. The van der Waals surface area contributed by atoms with Crippen molar-refractivity contribution in [3.63, 3.8) is 0 Å². The molecule has 0 saturated carbocycles. The molecule has 0 aliphatic carbocycles. The molecule has 3 aromatic rings. The van der Waals surface area contributed by atoms with E-state index >= 15 is 0 Å². The topological polar surface area (TPSA) is 27.7 Å². The van der Waals surface area contributed by atoms with Gasteiger partial charge in [-0.15, -0.1) is 0 Å². The second kappa shape index (κ2) is 11.7. The number of allylic oxidation sites excluding steroid dienone is 1. The van der Waals surface area contributed by atoms with E-state index < -0.39 is 8.32 Å². The third-order valence-corrected chi connectivity index (χ3v) is 11.7. The van der Waals surface area contributed by atoms with Gasteiger partial charge in [-0.3, -0.25) is 0 Å². The van der Waals surface area contributed by atoms with Crippen molar-refractivity contribution in [3.8, 4) is 11.5 Å². The van der Waals surface area contributed by atoms with Crippen LogP contribution < -0.4 is 19.8 Å². The Morgan fingerprint density at radius 2 is 1.37 bits per heavy atom. The van der Waals surface area contributed by atoms with Crippen LogP contribution in [0.3, 0.4) is 0 Å². The minimum absolute atomic E-state index is 0.0152. The molecule has 0 radical (unpaired) electrons. The molecule has 0 bridgehead atoms. The van der Waals surface area contributed by atoms with Crippen molar-refractivity contribution in [2.45, 2.75) is 45.6 Å². The molecule has 186 valence electrons. The minimum Gasteiger partial charge on any atom is -0.493 e. The number of rotatable bonds is 11. The third-order valence-electron chi connectivity index (χ3n) is 6.73. The van der Waals surface area contributed by atoms with Crippen molar-refractivity contribution in [2.75, 3.05) is 20.8 Å². The molecule has 3 nitrogen and oxygen atoms in total. The zero-order valence-electron chi connectivity index (χ0n) is 22.1. The van der Waals surface area contributed by atoms with Crippen molar-refractivity contribution in [1.29, 1.82) is 0 Å². The van der Waals surface area contributed by atoms with Gasteiger partial charge in [0, 0.05) is 6.61 Å². The molecule has 1 atom stereocenters. The van der Waals surface area contributed by atoms with Gasteiger partial charge >= 0.3 is 0 Å². The largest absolute Gasteiger partial charge is 0.493 e. The van der Waals surface area contributed by atoms with Crippen LogP contribution >= 0.6 is 0 Å². The summed E-state index contributed by atoms with van der Waals surface area (Å²) >= 11 is 0. The Morgan fingerprint density at radius 1 is 0.829 bits per heavy atom. The number of benzene rings is 3. The molecule has 0 spiro atoms. The van der Waals surface area contributed by atoms with Crippen LogP contribution in [0.1, 0.15) is 46.1 Å². The molecule has 0 heterocycles. The Morgan fingerprint density at radius 3 is 1.86 bits per heavy atom. The monoisotopic (exact) mass is 488 g/mol. The highest BCUT2D eigenvalue weighted by Crippen LogP contribution is 2.37. The maximum Gasteiger partial charge on any atom is 0.261 e. The first-order valence-electron chi connectivity index (χ1n) is 12.4. The van der Waals surface area contributed by atoms with Gasteiger partial charge in [0.1, 0.15) is 0 Å². The third kappa shape index (κ3) is 6.06. The number of hydrogen-bond donors (Lipinski definition) is 0. The van der Waals surface area contributed by atoms with Gasteiger partial charge in [-0.05, 0) is 57.4 Å². The summed E-state index contributed by atoms with van der Waals surface area (Å²) in [7, 11) is 0.806. The Hall–Kier alpha value is -2.82. The molecule has 1 unspecified atom stereocenters. The summed E-state index contributed by atoms with van der Waals surface area (Å²) in [5, 5.41) is 2.62. The summed E-state index contributed by atoms with van der Waals surface area (Å²) in [6.45, 7) is 14.3. The van der Waals surface area contributed by atoms with Gasteiger partial charge in [0.2, 0.25) is 0 Å². The Kier molecular flexibility index (Phi) is 8.98. The highest BCUT2D eigenvalue weighted by molar-refractivity contribution is 6.99. The second-order valence-corrected chi connectivity index (χ2v) is 14.6. The van der Waals surface area contributed by atoms with Crippen LogP contribution in [0.4, 0.5) is 0 Å². The Labute approximate surface area is 212 Å². The first-order valence-corrected chi connectivity index (χ1v) is 14.3. The number of ether oxygens (including phenoxy) is 2. The van der Waals surface area contributed by atoms with Gasteiger partial charge in [-0.1, -0.05) is 101 Å². The predicted octanol–water partition coefficient (Wildman–Crippen LogP) is 6.71. The van der Waals surface area contributed by atoms with E-state index in [0.29, 0.717) is 12.5 Å². The van der Waals surface area contributed by atoms with Crippen LogP contribution in [0, 0.1) is 5.92 Å². The van der Waals surface area contributed by atoms with Crippen molar-refractivity contribution in [2.24, 2.45) is 5.92 Å². The van der Waals surface area contributed by atoms with Gasteiger partial charge in [0.05, 0.1) is 14.2 Å². The van der Waals surface area contributed by atoms with Crippen LogP contribution in [0.5, 0.6) is 11.5 Å². The Bertz CT molecular complexity index is 1050. The summed E-state index contributed by atoms with van der Waals surface area (Å²) in [4.78, 5) is 0. The summed E-state index contributed by atoms with van der Waals surface area (Å²) < 4.78 is 17.9. The molecular weight excluding hydrogens is 448 g/mol. The van der Waals surface area contributed by atoms with Crippen LogP contribution in [0.25, 0.3) is 5.57 Å². The lowest BCUT2D eigenvalue weighted by Crippen LogP contribution is -2.66. The van der Waals surface area contributed by atoms with Crippen LogP contribution in [0.2, 0.25) is 5.04 Å². The number of hydrogen-bond acceptors (Lipinski definition) is 3. The molecule has 35 heavy (non-hydrogen) atoms. The van der Waals surface area contributed by atoms with E-state index in [4.69, 9.17) is 13.9 Å². The average Bonchev–Trinajstić information content (AvgIpc) is 2.87. The van der Waals surface area contributed by atoms with Crippen LogP contribution in [-0.2, 0) is 4.43 Å². The van der Waals surface area contributed by atoms with E-state index in [1.165, 1.54) is 10.4 Å². The molecule has 4 heteroatoms. The normalized spacial score (nSPS) is 12.7. The lowest BCUT2D eigenvalue weighted by Gasteiger charge is -2.43. The molecule has 3 rings (SSSR count). The maximum absolute atomic E-state index is 7.11. The SMILES string of the molecule is C=C(CCC(C)CO[Si](c1ccccc1)(c1ccccc1)C(C)(C)C)c1ccc(OC)c(OC)c1. The molecule has 0 aliphatic rings. The van der Waals surface area contributed by atoms with Gasteiger partial charge in [0.15, 0.2) is 11.5 Å². The van der Waals surface area contributed by atoms with E-state index in [0.717, 1.165) is 35.5 Å². The highest BCUT2D eigenvalue weighted by Gasteiger charge is 2.50. The van der Waals surface area contributed by atoms with Gasteiger partial charge in [0.25, 0.3) is 8.32 Å². The van der Waals surface area contributed by atoms with Crippen LogP contribution in [0.15, 0.2) is 85.4 Å². The molecule has 0 saturated heterocycles. The molecule has 0 aliphatic heterocycles. The van der Waals surface area contributed by atoms with Gasteiger partial charge < -0.3 is 13.9 Å². The summed E-state index contributed by atoms with van der Waals surface area (Å²) in [6.07, 6.45) is 1.91. The van der Waals surface area contributed by atoms with Crippen molar-refractivity contribution in [1.82, 2.24) is 0 Å². The lowest BCUT2D eigenvalue weighted by molar-refractivity contribution is 0.239. The van der Waals surface area contributed by atoms with E-state index in [9.17, 15) is 0 Å². The van der Waals surface area contributed by atoms with Gasteiger partial charge in [-0.2, -0.15) is 0 Å². The highest BCUT2D eigenvalue weighted by atomic mass is 28.4. The standard InChI is InChI=1S/C31H40O3Si/c1-24(18-19-25(2)26-20-21-29(32-6)30(22-26)33-7)23-34-35(31(3,4)5,27-14-10-8-11-15-27)28-16-12-9-13-17-28/h8-17,20-22,24H,2,18-19,23H2,1,3-7H3. The summed E-state index contributed by atoms with van der Waals surface area (Å²) in [5.74, 6) is 1.86. The minimum atomic E-state index is -2.51. The molecule has 0 amide bonds. The van der Waals surface area contributed by atoms with Crippen molar-refractivity contribution < 1.29 is 13.9 Å². The van der Waals surface area contributed by atoms with E-state index in [-0.39, 0.29) is 5.04 Å². The summed E-state index contributed by atoms with van der Waals surface area (Å²) in [6, 6.07) is 27.7. The first kappa shape index (κ1) is 26.8. The fraction of sp³-hybridized carbons (Fsp3) is 0.355.